The first-order valence-electron chi connectivity index (χ1n) is 17.1. The highest BCUT2D eigenvalue weighted by Crippen LogP contribution is 2.37. The molecule has 6 rings (SSSR count). The number of rotatable bonds is 13. The van der Waals surface area contributed by atoms with E-state index in [9.17, 15) is 9.59 Å². The molecular weight excluding hydrogens is 677 g/mol. The van der Waals surface area contributed by atoms with Gasteiger partial charge in [0.05, 0.1) is 48.8 Å². The molecule has 0 N–H and O–H groups in total. The normalized spacial score (nSPS) is 14.2. The molecule has 2 heterocycles. The number of carbonyl (C=O) groups excluding carboxylic acids is 1. The van der Waals surface area contributed by atoms with E-state index in [-0.39, 0.29) is 23.8 Å². The summed E-state index contributed by atoms with van der Waals surface area (Å²) in [5, 5.41) is 2.26. The molecule has 5 aromatic rings. The summed E-state index contributed by atoms with van der Waals surface area (Å²) in [5.74, 6) is 1.65. The van der Waals surface area contributed by atoms with Crippen molar-refractivity contribution in [2.75, 3.05) is 20.8 Å². The van der Waals surface area contributed by atoms with E-state index in [4.69, 9.17) is 28.7 Å². The summed E-state index contributed by atoms with van der Waals surface area (Å²) in [6.45, 7) is 11.8. The zero-order valence-electron chi connectivity index (χ0n) is 30.2. The predicted molar refractivity (Wildman–Crippen MR) is 204 cm³/mol. The lowest BCUT2D eigenvalue weighted by Gasteiger charge is -2.25. The van der Waals surface area contributed by atoms with Crippen molar-refractivity contribution in [1.29, 1.82) is 0 Å². The maximum Gasteiger partial charge on any atom is 0.338 e. The third-order valence-corrected chi connectivity index (χ3v) is 9.65. The second-order valence-electron chi connectivity index (χ2n) is 12.5. The zero-order chi connectivity index (χ0) is 36.9. The van der Waals surface area contributed by atoms with Gasteiger partial charge in [-0.25, -0.2) is 9.79 Å². The molecule has 0 saturated carbocycles. The van der Waals surface area contributed by atoms with Crippen LogP contribution in [0, 0.1) is 0 Å². The Labute approximate surface area is 306 Å². The Balaban J connectivity index is 1.44. The number of fused-ring (bicyclic) bond motifs is 2. The van der Waals surface area contributed by atoms with Crippen LogP contribution in [0.25, 0.3) is 16.8 Å². The number of hydrogen-bond acceptors (Lipinski definition) is 9. The fraction of sp³-hybridized carbons (Fsp3) is 0.262. The summed E-state index contributed by atoms with van der Waals surface area (Å²) in [6, 6.07) is 22.8. The number of benzene rings is 4. The third kappa shape index (κ3) is 7.25. The molecule has 0 saturated heterocycles. The van der Waals surface area contributed by atoms with Crippen molar-refractivity contribution in [3.63, 3.8) is 0 Å². The SMILES string of the molecule is C=CCc1cc(/C=c2\sc3n(c2=O)[C@@H](c2ccc(OC(C)C)c(OC)c2)C(C(=O)OCC)=C(C)N=3)cc(OC)c1OCc1cccc2ccccc12. The number of methoxy groups -OCH3 is 2. The second kappa shape index (κ2) is 15.7. The maximum absolute atomic E-state index is 14.4. The van der Waals surface area contributed by atoms with Gasteiger partial charge in [-0.1, -0.05) is 65.9 Å². The Kier molecular flexibility index (Phi) is 11.0. The highest BCUT2D eigenvalue weighted by Gasteiger charge is 2.34. The summed E-state index contributed by atoms with van der Waals surface area (Å²) >= 11 is 1.25. The van der Waals surface area contributed by atoms with Crippen molar-refractivity contribution in [3.05, 3.63) is 139 Å². The van der Waals surface area contributed by atoms with Gasteiger partial charge in [0, 0.05) is 5.56 Å². The van der Waals surface area contributed by atoms with Gasteiger partial charge in [0.1, 0.15) is 6.61 Å². The van der Waals surface area contributed by atoms with Crippen LogP contribution >= 0.6 is 11.3 Å². The van der Waals surface area contributed by atoms with Crippen LogP contribution in [-0.2, 0) is 22.6 Å². The molecule has 268 valence electrons. The van der Waals surface area contributed by atoms with E-state index >= 15 is 0 Å². The average molecular weight is 719 g/mol. The van der Waals surface area contributed by atoms with Crippen molar-refractivity contribution in [2.24, 2.45) is 4.99 Å². The summed E-state index contributed by atoms with van der Waals surface area (Å²) < 4.78 is 31.4. The molecule has 0 fully saturated rings. The molecule has 52 heavy (non-hydrogen) atoms. The molecule has 1 aliphatic rings. The minimum atomic E-state index is -0.810. The fourth-order valence-electron chi connectivity index (χ4n) is 6.42. The lowest BCUT2D eigenvalue weighted by Crippen LogP contribution is -2.40. The topological polar surface area (TPSA) is 97.6 Å². The first-order chi connectivity index (χ1) is 25.2. The monoisotopic (exact) mass is 718 g/mol. The Morgan fingerprint density at radius 3 is 2.48 bits per heavy atom. The Morgan fingerprint density at radius 2 is 1.75 bits per heavy atom. The minimum absolute atomic E-state index is 0.0786. The van der Waals surface area contributed by atoms with E-state index in [1.807, 2.05) is 62.4 Å². The molecular formula is C42H42N2O7S. The standard InChI is InChI=1S/C42H42N2O7S/c1-8-13-30-20-27(21-35(48-7)39(30)50-24-31-16-12-15-28-14-10-11-17-32(28)31)22-36-40(45)44-38(29-18-19-33(51-25(3)4)34(23-29)47-6)37(41(46)49-9-2)26(5)43-42(44)52-36/h8,10-12,14-23,25,38H,1,9,13,24H2,2-7H3/b36-22-/t38-/m0/s1. The van der Waals surface area contributed by atoms with E-state index in [0.717, 1.165) is 27.5 Å². The molecule has 1 aromatic heterocycles. The fourth-order valence-corrected chi connectivity index (χ4v) is 7.47. The predicted octanol–water partition coefficient (Wildman–Crippen LogP) is 7.06. The summed E-state index contributed by atoms with van der Waals surface area (Å²) in [7, 11) is 3.15. The van der Waals surface area contributed by atoms with Gasteiger partial charge in [-0.2, -0.15) is 0 Å². The first-order valence-corrected chi connectivity index (χ1v) is 17.9. The first kappa shape index (κ1) is 36.2. The molecule has 0 aliphatic carbocycles. The number of carbonyl (C=O) groups is 1. The van der Waals surface area contributed by atoms with Crippen LogP contribution in [-0.4, -0.2) is 37.5 Å². The molecule has 0 unspecified atom stereocenters. The van der Waals surface area contributed by atoms with E-state index in [2.05, 4.69) is 30.8 Å². The Hall–Kier alpha value is -5.61. The van der Waals surface area contributed by atoms with Crippen LogP contribution in [0.1, 0.15) is 56.0 Å². The van der Waals surface area contributed by atoms with Gasteiger partial charge in [0.15, 0.2) is 27.8 Å². The number of nitrogens with zero attached hydrogens (tertiary/aromatic N) is 2. The van der Waals surface area contributed by atoms with E-state index in [1.165, 1.54) is 11.3 Å². The van der Waals surface area contributed by atoms with Crippen molar-refractivity contribution in [3.8, 4) is 23.0 Å². The van der Waals surface area contributed by atoms with Gasteiger partial charge in [-0.3, -0.25) is 9.36 Å². The largest absolute Gasteiger partial charge is 0.493 e. The lowest BCUT2D eigenvalue weighted by molar-refractivity contribution is -0.139. The van der Waals surface area contributed by atoms with Crippen molar-refractivity contribution >= 4 is 34.2 Å². The molecule has 0 radical (unpaired) electrons. The van der Waals surface area contributed by atoms with Crippen LogP contribution < -0.4 is 33.8 Å². The summed E-state index contributed by atoms with van der Waals surface area (Å²) in [5.41, 5.74) is 3.77. The van der Waals surface area contributed by atoms with Gasteiger partial charge in [0.25, 0.3) is 5.56 Å². The molecule has 0 amide bonds. The number of thiazole rings is 1. The number of esters is 1. The van der Waals surface area contributed by atoms with E-state index in [0.29, 0.717) is 56.6 Å². The molecule has 1 atom stereocenters. The highest BCUT2D eigenvalue weighted by molar-refractivity contribution is 7.07. The number of hydrogen-bond donors (Lipinski definition) is 0. The van der Waals surface area contributed by atoms with Gasteiger partial charge in [-0.15, -0.1) is 6.58 Å². The maximum atomic E-state index is 14.4. The molecule has 4 aromatic carbocycles. The van der Waals surface area contributed by atoms with E-state index in [1.54, 1.807) is 44.8 Å². The molecule has 10 heteroatoms. The minimum Gasteiger partial charge on any atom is -0.493 e. The average Bonchev–Trinajstić information content (AvgIpc) is 3.43. The quantitative estimate of drug-likeness (QED) is 0.0950. The van der Waals surface area contributed by atoms with Crippen LogP contribution in [0.5, 0.6) is 23.0 Å². The van der Waals surface area contributed by atoms with Crippen LogP contribution in [0.15, 0.2) is 107 Å². The van der Waals surface area contributed by atoms with Crippen molar-refractivity contribution < 1.29 is 28.5 Å². The molecule has 9 nitrogen and oxygen atoms in total. The zero-order valence-corrected chi connectivity index (χ0v) is 31.0. The van der Waals surface area contributed by atoms with E-state index < -0.39 is 12.0 Å². The van der Waals surface area contributed by atoms with Crippen molar-refractivity contribution in [1.82, 2.24) is 4.57 Å². The Morgan fingerprint density at radius 1 is 0.981 bits per heavy atom. The molecule has 1 aliphatic heterocycles. The number of allylic oxidation sites excluding steroid dienone is 2. The van der Waals surface area contributed by atoms with Crippen LogP contribution in [0.2, 0.25) is 0 Å². The van der Waals surface area contributed by atoms with Gasteiger partial charge in [0.2, 0.25) is 0 Å². The molecule has 0 bridgehead atoms. The van der Waals surface area contributed by atoms with Gasteiger partial charge >= 0.3 is 5.97 Å². The van der Waals surface area contributed by atoms with Gasteiger partial charge < -0.3 is 23.7 Å². The molecule has 0 spiro atoms. The lowest BCUT2D eigenvalue weighted by atomic mass is 9.95. The smallest absolute Gasteiger partial charge is 0.338 e. The van der Waals surface area contributed by atoms with Crippen LogP contribution in [0.4, 0.5) is 0 Å². The summed E-state index contributed by atoms with van der Waals surface area (Å²) in [6.07, 6.45) is 4.06. The highest BCUT2D eigenvalue weighted by atomic mass is 32.1. The number of ether oxygens (including phenoxy) is 5. The summed E-state index contributed by atoms with van der Waals surface area (Å²) in [4.78, 5) is 33.0. The number of aromatic nitrogens is 1. The van der Waals surface area contributed by atoms with Gasteiger partial charge in [-0.05, 0) is 91.9 Å². The second-order valence-corrected chi connectivity index (χ2v) is 13.5. The van der Waals surface area contributed by atoms with Crippen LogP contribution in [0.3, 0.4) is 0 Å². The Bertz CT molecular complexity index is 2360. The van der Waals surface area contributed by atoms with Crippen molar-refractivity contribution in [2.45, 2.75) is 52.9 Å². The third-order valence-electron chi connectivity index (χ3n) is 8.67.